The first-order valence-electron chi connectivity index (χ1n) is 7.25. The fourth-order valence-electron chi connectivity index (χ4n) is 2.53. The van der Waals surface area contributed by atoms with E-state index in [2.05, 4.69) is 20.2 Å². The molecule has 0 saturated carbocycles. The van der Waals surface area contributed by atoms with Crippen molar-refractivity contribution in [2.24, 2.45) is 0 Å². The van der Waals surface area contributed by atoms with Gasteiger partial charge in [-0.05, 0) is 38.9 Å². The molecule has 1 atom stereocenters. The molecule has 0 bridgehead atoms. The predicted molar refractivity (Wildman–Crippen MR) is 74.4 cm³/mol. The first-order chi connectivity index (χ1) is 10.3. The molecule has 1 amide bonds. The molecular weight excluding hydrogens is 297 g/mol. The molecule has 1 unspecified atom stereocenters. The Bertz CT molecular complexity index is 547. The van der Waals surface area contributed by atoms with Crippen LogP contribution in [-0.4, -0.2) is 46.5 Å². The van der Waals surface area contributed by atoms with Crippen LogP contribution in [-0.2, 0) is 6.18 Å². The van der Waals surface area contributed by atoms with Crippen LogP contribution < -0.4 is 5.32 Å². The topological polar surface area (TPSA) is 58.1 Å². The molecule has 2 rings (SSSR count). The van der Waals surface area contributed by atoms with Crippen LogP contribution in [0.3, 0.4) is 0 Å². The normalized spacial score (nSPS) is 20.0. The van der Waals surface area contributed by atoms with Crippen molar-refractivity contribution in [1.29, 1.82) is 0 Å². The van der Waals surface area contributed by atoms with E-state index in [4.69, 9.17) is 0 Å². The smallest absolute Gasteiger partial charge is 0.347 e. The van der Waals surface area contributed by atoms with E-state index in [0.717, 1.165) is 25.9 Å². The van der Waals surface area contributed by atoms with Gasteiger partial charge in [0.2, 0.25) is 5.82 Å². The molecule has 1 fully saturated rings. The minimum absolute atomic E-state index is 0.0641. The summed E-state index contributed by atoms with van der Waals surface area (Å²) in [5.41, 5.74) is -0.125. The largest absolute Gasteiger partial charge is 0.451 e. The summed E-state index contributed by atoms with van der Waals surface area (Å²) in [6, 6.07) is 1.20. The van der Waals surface area contributed by atoms with E-state index < -0.39 is 17.9 Å². The van der Waals surface area contributed by atoms with E-state index in [1.807, 2.05) is 6.92 Å². The molecule has 0 aromatic carbocycles. The Hall–Kier alpha value is -1.70. The Kier molecular flexibility index (Phi) is 5.00. The number of alkyl halides is 3. The lowest BCUT2D eigenvalue weighted by Gasteiger charge is -2.32. The van der Waals surface area contributed by atoms with Gasteiger partial charge < -0.3 is 10.2 Å². The lowest BCUT2D eigenvalue weighted by atomic mass is 10.1. The summed E-state index contributed by atoms with van der Waals surface area (Å²) in [5, 5.41) is 2.77. The number of hydrogen-bond acceptors (Lipinski definition) is 4. The molecule has 0 spiro atoms. The highest BCUT2D eigenvalue weighted by Gasteiger charge is 2.35. The predicted octanol–water partition coefficient (Wildman–Crippen LogP) is 2.02. The third-order valence-electron chi connectivity index (χ3n) is 3.63. The molecule has 1 saturated heterocycles. The maximum Gasteiger partial charge on any atom is 0.451 e. The minimum atomic E-state index is -4.66. The molecule has 1 aromatic rings. The van der Waals surface area contributed by atoms with Crippen molar-refractivity contribution in [3.8, 4) is 0 Å². The van der Waals surface area contributed by atoms with Crippen LogP contribution in [0.5, 0.6) is 0 Å². The summed E-state index contributed by atoms with van der Waals surface area (Å²) >= 11 is 0. The number of nitrogens with zero attached hydrogens (tertiary/aromatic N) is 3. The number of halogens is 3. The van der Waals surface area contributed by atoms with Crippen LogP contribution in [0.1, 0.15) is 41.8 Å². The fourth-order valence-corrected chi connectivity index (χ4v) is 2.53. The minimum Gasteiger partial charge on any atom is -0.347 e. The Balaban J connectivity index is 2.11. The number of amides is 1. The second-order valence-electron chi connectivity index (χ2n) is 5.42. The van der Waals surface area contributed by atoms with Gasteiger partial charge in [-0.25, -0.2) is 9.97 Å². The van der Waals surface area contributed by atoms with E-state index in [1.165, 1.54) is 13.0 Å². The third kappa shape index (κ3) is 4.16. The van der Waals surface area contributed by atoms with E-state index in [-0.39, 0.29) is 17.4 Å². The quantitative estimate of drug-likeness (QED) is 0.927. The number of likely N-dealkylation sites (N-methyl/N-ethyl adjacent to an activating group) is 1. The summed E-state index contributed by atoms with van der Waals surface area (Å²) in [6.07, 6.45) is -2.89. The standard InChI is InChI=1S/C14H19F3N4O/c1-3-21-6-4-5-10(8-21)19-12(22)11-7-9(2)18-13(20-11)14(15,16)17/h7,10H,3-6,8H2,1-2H3,(H,19,22). The number of piperidine rings is 1. The summed E-state index contributed by atoms with van der Waals surface area (Å²) in [5.74, 6) is -1.87. The summed E-state index contributed by atoms with van der Waals surface area (Å²) < 4.78 is 38.1. The van der Waals surface area contributed by atoms with Crippen LogP contribution in [0.25, 0.3) is 0 Å². The Morgan fingerprint density at radius 1 is 1.45 bits per heavy atom. The van der Waals surface area contributed by atoms with Crippen LogP contribution in [0.15, 0.2) is 6.07 Å². The average molecular weight is 316 g/mol. The van der Waals surface area contributed by atoms with Crippen molar-refractivity contribution in [3.63, 3.8) is 0 Å². The molecule has 5 nitrogen and oxygen atoms in total. The van der Waals surface area contributed by atoms with Crippen LogP contribution in [0.2, 0.25) is 0 Å². The van der Waals surface area contributed by atoms with Gasteiger partial charge >= 0.3 is 6.18 Å². The molecule has 0 radical (unpaired) electrons. The zero-order chi connectivity index (χ0) is 16.3. The molecule has 8 heteroatoms. The molecule has 0 aliphatic carbocycles. The third-order valence-corrected chi connectivity index (χ3v) is 3.63. The molecule has 122 valence electrons. The lowest BCUT2D eigenvalue weighted by molar-refractivity contribution is -0.145. The molecule has 22 heavy (non-hydrogen) atoms. The highest BCUT2D eigenvalue weighted by atomic mass is 19.4. The number of hydrogen-bond donors (Lipinski definition) is 1. The van der Waals surface area contributed by atoms with Crippen molar-refractivity contribution < 1.29 is 18.0 Å². The van der Waals surface area contributed by atoms with Gasteiger partial charge in [-0.2, -0.15) is 13.2 Å². The number of likely N-dealkylation sites (tertiary alicyclic amines) is 1. The van der Waals surface area contributed by atoms with Gasteiger partial charge in [0.25, 0.3) is 5.91 Å². The zero-order valence-corrected chi connectivity index (χ0v) is 12.6. The number of aromatic nitrogens is 2. The van der Waals surface area contributed by atoms with Gasteiger partial charge in [-0.15, -0.1) is 0 Å². The number of nitrogens with one attached hydrogen (secondary N) is 1. The number of carbonyl (C=O) groups excluding carboxylic acids is 1. The van der Waals surface area contributed by atoms with Crippen molar-refractivity contribution in [2.75, 3.05) is 19.6 Å². The second-order valence-corrected chi connectivity index (χ2v) is 5.42. The van der Waals surface area contributed by atoms with Gasteiger partial charge in [-0.1, -0.05) is 6.92 Å². The van der Waals surface area contributed by atoms with Crippen molar-refractivity contribution in [1.82, 2.24) is 20.2 Å². The van der Waals surface area contributed by atoms with Crippen LogP contribution >= 0.6 is 0 Å². The van der Waals surface area contributed by atoms with Gasteiger partial charge in [0, 0.05) is 18.3 Å². The maximum atomic E-state index is 12.7. The summed E-state index contributed by atoms with van der Waals surface area (Å²) in [4.78, 5) is 21.0. The molecule has 1 N–H and O–H groups in total. The van der Waals surface area contributed by atoms with Gasteiger partial charge in [-0.3, -0.25) is 4.79 Å². The molecule has 2 heterocycles. The van der Waals surface area contributed by atoms with Crippen LogP contribution in [0, 0.1) is 6.92 Å². The first kappa shape index (κ1) is 16.7. The fraction of sp³-hybridized carbons (Fsp3) is 0.643. The average Bonchev–Trinajstić information content (AvgIpc) is 2.46. The Labute approximate surface area is 126 Å². The summed E-state index contributed by atoms with van der Waals surface area (Å²) in [6.45, 7) is 6.02. The molecule has 1 aliphatic heterocycles. The van der Waals surface area contributed by atoms with E-state index in [9.17, 15) is 18.0 Å². The highest BCUT2D eigenvalue weighted by molar-refractivity contribution is 5.92. The summed E-state index contributed by atoms with van der Waals surface area (Å²) in [7, 11) is 0. The number of aryl methyl sites for hydroxylation is 1. The first-order valence-corrected chi connectivity index (χ1v) is 7.25. The zero-order valence-electron chi connectivity index (χ0n) is 12.6. The van der Waals surface area contributed by atoms with Gasteiger partial charge in [0.15, 0.2) is 0 Å². The number of carbonyl (C=O) groups is 1. The SMILES string of the molecule is CCN1CCCC(NC(=O)c2cc(C)nc(C(F)(F)F)n2)C1. The molecule has 1 aliphatic rings. The monoisotopic (exact) mass is 316 g/mol. The Morgan fingerprint density at radius 3 is 2.82 bits per heavy atom. The maximum absolute atomic E-state index is 12.7. The highest BCUT2D eigenvalue weighted by Crippen LogP contribution is 2.26. The van der Waals surface area contributed by atoms with Gasteiger partial charge in [0.05, 0.1) is 0 Å². The van der Waals surface area contributed by atoms with E-state index in [1.54, 1.807) is 0 Å². The van der Waals surface area contributed by atoms with Crippen molar-refractivity contribution >= 4 is 5.91 Å². The molecular formula is C14H19F3N4O. The number of rotatable bonds is 3. The lowest BCUT2D eigenvalue weighted by Crippen LogP contribution is -2.47. The van der Waals surface area contributed by atoms with Gasteiger partial charge in [0.1, 0.15) is 5.69 Å². The van der Waals surface area contributed by atoms with E-state index >= 15 is 0 Å². The molecule has 1 aromatic heterocycles. The van der Waals surface area contributed by atoms with Crippen molar-refractivity contribution in [2.45, 2.75) is 38.9 Å². The second kappa shape index (κ2) is 6.60. The van der Waals surface area contributed by atoms with Crippen molar-refractivity contribution in [3.05, 3.63) is 23.3 Å². The van der Waals surface area contributed by atoms with E-state index in [0.29, 0.717) is 6.54 Å². The van der Waals surface area contributed by atoms with Crippen LogP contribution in [0.4, 0.5) is 13.2 Å². The Morgan fingerprint density at radius 2 is 2.18 bits per heavy atom.